The number of unbranched alkanes of at least 4 members (excludes halogenated alkanes) is 3. The quantitative estimate of drug-likeness (QED) is 0.0104. The highest BCUT2D eigenvalue weighted by Crippen LogP contribution is 2.47. The Kier molecular flexibility index (Phi) is 37.4. The van der Waals surface area contributed by atoms with Gasteiger partial charge in [0.15, 0.2) is 0 Å². The number of benzene rings is 3. The van der Waals surface area contributed by atoms with Crippen molar-refractivity contribution < 1.29 is 0 Å². The summed E-state index contributed by atoms with van der Waals surface area (Å²) in [4.78, 5) is 11.0. The van der Waals surface area contributed by atoms with E-state index in [2.05, 4.69) is 244 Å². The molecule has 10 heteroatoms. The van der Waals surface area contributed by atoms with Gasteiger partial charge in [-0.1, -0.05) is 175 Å². The third kappa shape index (κ3) is 26.0. The number of hydrogen-bond donors (Lipinski definition) is 4. The van der Waals surface area contributed by atoms with Crippen LogP contribution < -0.4 is 22.3 Å². The first kappa shape index (κ1) is 79.6. The first-order chi connectivity index (χ1) is 42.5. The number of hydrazine groups is 1. The second-order valence-electron chi connectivity index (χ2n) is 25.9. The molecule has 6 N–H and O–H groups in total. The average molecular weight is 1240 g/mol. The number of fused-ring (bicyclic) bond motifs is 1. The molecule has 0 saturated carbocycles. The third-order valence-corrected chi connectivity index (χ3v) is 17.9. The molecule has 89 heavy (non-hydrogen) atoms. The summed E-state index contributed by atoms with van der Waals surface area (Å²) >= 11 is 1.89. The van der Waals surface area contributed by atoms with E-state index >= 15 is 0 Å². The molecule has 6 atom stereocenters. The van der Waals surface area contributed by atoms with Gasteiger partial charge in [-0.05, 0) is 205 Å². The summed E-state index contributed by atoms with van der Waals surface area (Å²) in [6.45, 7) is 61.9. The molecule has 0 radical (unpaired) electrons. The van der Waals surface area contributed by atoms with E-state index < -0.39 is 0 Å². The zero-order valence-electron chi connectivity index (χ0n) is 59.4. The van der Waals surface area contributed by atoms with Crippen LogP contribution in [0, 0.1) is 29.6 Å². The van der Waals surface area contributed by atoms with Gasteiger partial charge in [-0.25, -0.2) is 9.73 Å². The summed E-state index contributed by atoms with van der Waals surface area (Å²) in [6, 6.07) is 28.7. The number of nitrogens with one attached hydrogen (secondary N) is 2. The molecule has 0 amide bonds. The predicted molar refractivity (Wildman–Crippen MR) is 397 cm³/mol. The highest BCUT2D eigenvalue weighted by Gasteiger charge is 2.50. The Morgan fingerprint density at radius 2 is 1.51 bits per heavy atom. The minimum Gasteiger partial charge on any atom is -0.374 e. The molecule has 6 rings (SSSR count). The Morgan fingerprint density at radius 1 is 0.843 bits per heavy atom. The number of aromatic nitrogens is 2. The number of aryl methyl sites for hydroxylation is 4. The molecule has 1 aliphatic rings. The molecule has 3 heterocycles. The Bertz CT molecular complexity index is 2850. The van der Waals surface area contributed by atoms with Crippen molar-refractivity contribution in [3.05, 3.63) is 183 Å². The second kappa shape index (κ2) is 41.8. The fourth-order valence-electron chi connectivity index (χ4n) is 11.5. The minimum absolute atomic E-state index is 0.107. The molecule has 0 bridgehead atoms. The van der Waals surface area contributed by atoms with Crippen LogP contribution in [-0.2, 0) is 25.8 Å². The van der Waals surface area contributed by atoms with Crippen molar-refractivity contribution >= 4 is 22.9 Å². The van der Waals surface area contributed by atoms with Crippen molar-refractivity contribution in [2.24, 2.45) is 34.1 Å². The molecular weight excluding hydrogens is 1110 g/mol. The summed E-state index contributed by atoms with van der Waals surface area (Å²) in [6.07, 6.45) is 25.3. The lowest BCUT2D eigenvalue weighted by molar-refractivity contribution is 0.212. The Balaban J connectivity index is 0.000000549. The molecule has 494 valence electrons. The summed E-state index contributed by atoms with van der Waals surface area (Å²) in [7, 11) is 3.71. The summed E-state index contributed by atoms with van der Waals surface area (Å²) in [5.41, 5.74) is 31.6. The second-order valence-corrected chi connectivity index (χ2v) is 27.0. The third-order valence-electron chi connectivity index (χ3n) is 16.7. The van der Waals surface area contributed by atoms with Crippen LogP contribution in [0.1, 0.15) is 189 Å². The number of nitrogens with zero attached hydrogens (tertiary/aromatic N) is 5. The molecule has 1 aliphatic heterocycles. The van der Waals surface area contributed by atoms with E-state index in [1.54, 1.807) is 6.20 Å². The lowest BCUT2D eigenvalue weighted by Gasteiger charge is -2.32. The van der Waals surface area contributed by atoms with Gasteiger partial charge in [0.2, 0.25) is 0 Å². The van der Waals surface area contributed by atoms with Crippen molar-refractivity contribution in [3.8, 4) is 22.4 Å². The number of nitrogens with two attached hydrogens (primary N) is 2. The topological polar surface area (TPSA) is 103 Å². The van der Waals surface area contributed by atoms with Crippen LogP contribution >= 0.6 is 11.9 Å². The van der Waals surface area contributed by atoms with Gasteiger partial charge in [-0.3, -0.25) is 9.88 Å². The van der Waals surface area contributed by atoms with Gasteiger partial charge < -0.3 is 26.4 Å². The van der Waals surface area contributed by atoms with Crippen LogP contribution in [-0.4, -0.2) is 82.1 Å². The van der Waals surface area contributed by atoms with Crippen LogP contribution in [0.4, 0.5) is 0 Å². The molecule has 5 aromatic rings. The molecule has 6 unspecified atom stereocenters. The Morgan fingerprint density at radius 3 is 2.07 bits per heavy atom. The largest absolute Gasteiger partial charge is 0.374 e. The van der Waals surface area contributed by atoms with E-state index in [1.807, 2.05) is 57.1 Å². The summed E-state index contributed by atoms with van der Waals surface area (Å²) in [5.74, 6) is 1.02. The maximum atomic E-state index is 6.51. The van der Waals surface area contributed by atoms with Crippen LogP contribution in [0.3, 0.4) is 0 Å². The van der Waals surface area contributed by atoms with E-state index in [9.17, 15) is 0 Å². The van der Waals surface area contributed by atoms with Crippen molar-refractivity contribution in [2.75, 3.05) is 40.3 Å². The van der Waals surface area contributed by atoms with Gasteiger partial charge in [-0.2, -0.15) is 0 Å². The maximum Gasteiger partial charge on any atom is 0.0766 e. The summed E-state index contributed by atoms with van der Waals surface area (Å²) in [5, 5.41) is 1.34. The Labute approximate surface area is 550 Å². The van der Waals surface area contributed by atoms with Gasteiger partial charge in [0.25, 0.3) is 0 Å². The number of likely N-dealkylation sites (N-methyl/N-ethyl adjacent to an activating group) is 2. The fourth-order valence-corrected chi connectivity index (χ4v) is 12.7. The Hall–Kier alpha value is -5.46. The number of rotatable bonds is 35. The molecule has 2 aromatic heterocycles. The number of hydrogen-bond acceptors (Lipinski definition) is 9. The van der Waals surface area contributed by atoms with E-state index in [-0.39, 0.29) is 11.5 Å². The lowest BCUT2D eigenvalue weighted by atomic mass is 9.80. The molecule has 1 saturated heterocycles. The van der Waals surface area contributed by atoms with Crippen molar-refractivity contribution in [2.45, 2.75) is 217 Å². The van der Waals surface area contributed by atoms with Gasteiger partial charge in [0, 0.05) is 83.8 Å². The van der Waals surface area contributed by atoms with Crippen molar-refractivity contribution in [1.82, 2.24) is 34.5 Å². The minimum atomic E-state index is -0.155. The fraction of sp³-hybridized carbons (Fsp3) is 0.532. The smallest absolute Gasteiger partial charge is 0.0766 e. The summed E-state index contributed by atoms with van der Waals surface area (Å²) < 4.78 is 5.03. The highest BCUT2D eigenvalue weighted by molar-refractivity contribution is 7.97. The van der Waals surface area contributed by atoms with Crippen molar-refractivity contribution in [3.63, 3.8) is 0 Å². The van der Waals surface area contributed by atoms with E-state index in [1.165, 1.54) is 99.7 Å². The molecule has 0 spiro atoms. The number of pyridine rings is 1. The molecule has 1 fully saturated rings. The maximum absolute atomic E-state index is 6.51. The average Bonchev–Trinajstić information content (AvgIpc) is 1.87. The zero-order chi connectivity index (χ0) is 66.9. The zero-order valence-corrected chi connectivity index (χ0v) is 60.2. The molecule has 0 aliphatic carbocycles. The lowest BCUT2D eigenvalue weighted by Crippen LogP contribution is -2.37. The van der Waals surface area contributed by atoms with Gasteiger partial charge in [0.1, 0.15) is 0 Å². The normalized spacial score (nSPS) is 15.3. The van der Waals surface area contributed by atoms with Crippen LogP contribution in [0.15, 0.2) is 160 Å². The number of allylic oxidation sites excluding steroid dienone is 2. The molecular formula is C79H127N9S. The van der Waals surface area contributed by atoms with Gasteiger partial charge >= 0.3 is 0 Å². The van der Waals surface area contributed by atoms with Crippen molar-refractivity contribution in [1.29, 1.82) is 0 Å². The predicted octanol–water partition coefficient (Wildman–Crippen LogP) is 19.7. The van der Waals surface area contributed by atoms with Crippen LogP contribution in [0.2, 0.25) is 0 Å². The first-order valence-corrected chi connectivity index (χ1v) is 34.7. The van der Waals surface area contributed by atoms with E-state index in [0.29, 0.717) is 35.4 Å². The van der Waals surface area contributed by atoms with Gasteiger partial charge in [0.05, 0.1) is 17.4 Å². The first-order valence-electron chi connectivity index (χ1n) is 33.9. The highest BCUT2D eigenvalue weighted by atomic mass is 32.2. The standard InChI is InChI=1S/C41H57N5.C29H47N3S.C6H12.C2H6.CH5N/c1-8-12-22-41(6,7)29-37-36-28-33(20-21-38(36)46(11-4)40(37)35-19-17-23-43-39(35)30(5)42)34-26-31(9-2)25-32(27-34)18-15-13-14-16-24-45-44-10-3;1-10-14-28-29(32(28)33-26-17-15-23(7)16-18-26)24(8)31(13-4)21-25(11-2)19-20-30(9)27(12-3)22(5)6;1-5-6(2,3)4;2*1-2/h8,10,17,19-21,23,25-28,30,44-45H,1,3,9,11-16,18,22,24,29,42H2,2,4-7H3;11-12,15-18,22,25,27-29H,2-3,8,10,13-14,19-21H2,1,4-7,9H3;5H,1H2,2-4H3;1-2H3;2H2,1H3. The monoisotopic (exact) mass is 1230 g/mol. The van der Waals surface area contributed by atoms with Gasteiger partial charge in [-0.15, -0.1) is 26.3 Å². The van der Waals surface area contributed by atoms with E-state index in [0.717, 1.165) is 88.9 Å². The van der Waals surface area contributed by atoms with Crippen LogP contribution in [0.25, 0.3) is 33.3 Å². The van der Waals surface area contributed by atoms with E-state index in [4.69, 9.17) is 10.7 Å². The molecule has 9 nitrogen and oxygen atoms in total. The molecule has 3 aromatic carbocycles. The SMILES string of the molecule is C=CC(C)(C)C.C=CC(CCN(C)C(C=C)C(C)C)CN(CC)C(=C)C1C(CCC)N1Sc1ccc(C)cc1.C=CCCC(C)(C)Cc1c(-c2cccnc2C(C)N)n(CC)c2ccc(-c3cc(CC)cc(CCCCCCNNC=C)c3)cc12.CC.CN. The van der Waals surface area contributed by atoms with Crippen LogP contribution in [0.5, 0.6) is 0 Å².